The molecule has 0 radical (unpaired) electrons. The second-order valence-corrected chi connectivity index (χ2v) is 14.4. The van der Waals surface area contributed by atoms with Gasteiger partial charge in [0.05, 0.1) is 23.3 Å². The van der Waals surface area contributed by atoms with Gasteiger partial charge in [0, 0.05) is 43.4 Å². The molecule has 4 aromatic rings. The minimum absolute atomic E-state index is 0.0657. The number of aromatic nitrogens is 5. The number of rotatable bonds is 10. The van der Waals surface area contributed by atoms with E-state index in [1.807, 2.05) is 29.2 Å². The van der Waals surface area contributed by atoms with Crippen molar-refractivity contribution in [1.29, 1.82) is 0 Å². The molecule has 2 aliphatic rings. The number of fused-ring (bicyclic) bond motifs is 3. The Morgan fingerprint density at radius 3 is 2.49 bits per heavy atom. The number of imidazole rings is 1. The highest BCUT2D eigenvalue weighted by atomic mass is 32.2. The number of nitrogens with zero attached hydrogens (tertiary/aromatic N) is 6. The highest BCUT2D eigenvalue weighted by Gasteiger charge is 2.43. The normalized spacial score (nSPS) is 16.3. The van der Waals surface area contributed by atoms with Gasteiger partial charge in [-0.3, -0.25) is 9.59 Å². The zero-order chi connectivity index (χ0) is 29.2. The van der Waals surface area contributed by atoms with Gasteiger partial charge in [0.1, 0.15) is 31.6 Å². The third kappa shape index (κ3) is 5.30. The summed E-state index contributed by atoms with van der Waals surface area (Å²) in [4.78, 5) is 43.3. The first kappa shape index (κ1) is 27.6. The van der Waals surface area contributed by atoms with Crippen molar-refractivity contribution in [2.45, 2.75) is 71.1 Å². The maximum Gasteiger partial charge on any atom is 0.271 e. The average Bonchev–Trinajstić information content (AvgIpc) is 3.80. The summed E-state index contributed by atoms with van der Waals surface area (Å²) in [6, 6.07) is 2.10. The SMILES string of the molecule is CCn1c(C(=O)N(C2CC2)C2CC2)cc2c3c(ncn3C)c(Nc3nc(C)c(C(=O)NC(C)CS(C)(=O)=O)s3)nc21. The van der Waals surface area contributed by atoms with E-state index in [1.54, 1.807) is 20.2 Å². The molecule has 12 nitrogen and oxygen atoms in total. The van der Waals surface area contributed by atoms with Crippen LogP contribution in [0.2, 0.25) is 0 Å². The lowest BCUT2D eigenvalue weighted by Gasteiger charge is -2.22. The fourth-order valence-corrected chi connectivity index (χ4v) is 7.37. The van der Waals surface area contributed by atoms with Crippen molar-refractivity contribution in [1.82, 2.24) is 34.3 Å². The van der Waals surface area contributed by atoms with Gasteiger partial charge in [-0.15, -0.1) is 0 Å². The van der Waals surface area contributed by atoms with Gasteiger partial charge in [0.2, 0.25) is 0 Å². The number of aryl methyl sites for hydroxylation is 3. The van der Waals surface area contributed by atoms with Gasteiger partial charge in [-0.1, -0.05) is 11.3 Å². The smallest absolute Gasteiger partial charge is 0.271 e. The van der Waals surface area contributed by atoms with E-state index in [-0.39, 0.29) is 17.6 Å². The van der Waals surface area contributed by atoms with Crippen molar-refractivity contribution in [2.75, 3.05) is 17.3 Å². The van der Waals surface area contributed by atoms with E-state index in [0.29, 0.717) is 57.0 Å². The minimum atomic E-state index is -3.23. The molecule has 0 bridgehead atoms. The molecule has 4 aromatic heterocycles. The Balaban J connectivity index is 1.35. The molecule has 0 saturated heterocycles. The van der Waals surface area contributed by atoms with Gasteiger partial charge in [-0.25, -0.2) is 23.4 Å². The first-order chi connectivity index (χ1) is 19.4. The van der Waals surface area contributed by atoms with Gasteiger partial charge >= 0.3 is 0 Å². The minimum Gasteiger partial charge on any atom is -0.348 e. The van der Waals surface area contributed by atoms with E-state index < -0.39 is 15.9 Å². The van der Waals surface area contributed by atoms with Crippen LogP contribution < -0.4 is 10.6 Å². The second kappa shape index (κ2) is 10.1. The topological polar surface area (TPSA) is 144 Å². The Hall–Kier alpha value is -3.52. The third-order valence-electron chi connectivity index (χ3n) is 7.51. The Kier molecular flexibility index (Phi) is 6.80. The molecule has 14 heteroatoms. The van der Waals surface area contributed by atoms with E-state index >= 15 is 0 Å². The molecule has 4 heterocycles. The predicted octanol–water partition coefficient (Wildman–Crippen LogP) is 3.38. The molecule has 1 atom stereocenters. The van der Waals surface area contributed by atoms with Crippen LogP contribution in [0.4, 0.5) is 10.9 Å². The largest absolute Gasteiger partial charge is 0.348 e. The summed E-state index contributed by atoms with van der Waals surface area (Å²) in [5, 5.41) is 7.33. The van der Waals surface area contributed by atoms with E-state index in [9.17, 15) is 18.0 Å². The molecule has 2 fully saturated rings. The summed E-state index contributed by atoms with van der Waals surface area (Å²) in [5.74, 6) is 0.0157. The first-order valence-corrected chi connectivity index (χ1v) is 16.7. The van der Waals surface area contributed by atoms with Crippen LogP contribution >= 0.6 is 11.3 Å². The molecular weight excluding hydrogens is 564 g/mol. The van der Waals surface area contributed by atoms with Gasteiger partial charge < -0.3 is 24.7 Å². The van der Waals surface area contributed by atoms with Gasteiger partial charge in [-0.05, 0) is 52.5 Å². The number of anilines is 2. The number of pyridine rings is 1. The molecular formula is C27H34N8O4S2. The Morgan fingerprint density at radius 2 is 1.88 bits per heavy atom. The molecule has 2 saturated carbocycles. The van der Waals surface area contributed by atoms with Crippen molar-refractivity contribution in [2.24, 2.45) is 7.05 Å². The van der Waals surface area contributed by atoms with E-state index in [1.165, 1.54) is 0 Å². The van der Waals surface area contributed by atoms with Crippen LogP contribution in [0.1, 0.15) is 65.4 Å². The van der Waals surface area contributed by atoms with Crippen LogP contribution in [0.5, 0.6) is 0 Å². The van der Waals surface area contributed by atoms with Crippen molar-refractivity contribution >= 4 is 66.0 Å². The first-order valence-electron chi connectivity index (χ1n) is 13.8. The lowest BCUT2D eigenvalue weighted by molar-refractivity contribution is 0.0719. The molecule has 0 spiro atoms. The molecule has 0 aromatic carbocycles. The zero-order valence-electron chi connectivity index (χ0n) is 23.8. The Labute approximate surface area is 242 Å². The standard InChI is InChI=1S/C27H34N8O4S2/c1-6-34-19(26(37)35(16-7-8-16)17-9-10-17)11-18-21-20(28-13-33(21)4)23(31-24(18)34)32-27-30-15(3)22(40-27)25(36)29-14(2)12-41(5,38)39/h11,13-14,16-17H,6-10,12H2,1-5H3,(H,29,36)(H,30,31,32). The highest BCUT2D eigenvalue weighted by molar-refractivity contribution is 7.90. The van der Waals surface area contributed by atoms with Crippen molar-refractivity contribution in [3.63, 3.8) is 0 Å². The number of hydrogen-bond donors (Lipinski definition) is 2. The Morgan fingerprint density at radius 1 is 1.20 bits per heavy atom. The summed E-state index contributed by atoms with van der Waals surface area (Å²) in [5.41, 5.74) is 3.32. The van der Waals surface area contributed by atoms with Gasteiger partial charge in [0.25, 0.3) is 11.8 Å². The second-order valence-electron chi connectivity index (χ2n) is 11.2. The van der Waals surface area contributed by atoms with Crippen LogP contribution in [0.15, 0.2) is 12.4 Å². The van der Waals surface area contributed by atoms with Gasteiger partial charge in [-0.2, -0.15) is 0 Å². The van der Waals surface area contributed by atoms with E-state index in [0.717, 1.165) is 54.2 Å². The molecule has 6 rings (SSSR count). The number of nitrogens with one attached hydrogen (secondary N) is 2. The molecule has 1 unspecified atom stereocenters. The fraction of sp³-hybridized carbons (Fsp3) is 0.519. The molecule has 2 aliphatic carbocycles. The number of hydrogen-bond acceptors (Lipinski definition) is 9. The van der Waals surface area contributed by atoms with Crippen LogP contribution in [-0.2, 0) is 23.4 Å². The maximum absolute atomic E-state index is 13.8. The van der Waals surface area contributed by atoms with Crippen LogP contribution in [0.25, 0.3) is 22.1 Å². The summed E-state index contributed by atoms with van der Waals surface area (Å²) in [6.45, 7) is 5.98. The molecule has 218 valence electrons. The van der Waals surface area contributed by atoms with Crippen LogP contribution in [0, 0.1) is 6.92 Å². The van der Waals surface area contributed by atoms with Crippen LogP contribution in [-0.4, -0.2) is 79.4 Å². The van der Waals surface area contributed by atoms with Gasteiger partial charge in [0.15, 0.2) is 10.9 Å². The monoisotopic (exact) mass is 598 g/mol. The summed E-state index contributed by atoms with van der Waals surface area (Å²) >= 11 is 1.16. The summed E-state index contributed by atoms with van der Waals surface area (Å²) < 4.78 is 27.1. The van der Waals surface area contributed by atoms with Crippen molar-refractivity contribution < 1.29 is 18.0 Å². The zero-order valence-corrected chi connectivity index (χ0v) is 25.4. The molecule has 41 heavy (non-hydrogen) atoms. The number of amides is 2. The fourth-order valence-electron chi connectivity index (χ4n) is 5.51. The lowest BCUT2D eigenvalue weighted by Crippen LogP contribution is -2.37. The van der Waals surface area contributed by atoms with Crippen LogP contribution in [0.3, 0.4) is 0 Å². The number of carbonyl (C=O) groups excluding carboxylic acids is 2. The van der Waals surface area contributed by atoms with E-state index in [2.05, 4.69) is 25.5 Å². The summed E-state index contributed by atoms with van der Waals surface area (Å²) in [7, 11) is -1.32. The maximum atomic E-state index is 13.8. The molecule has 2 amide bonds. The highest BCUT2D eigenvalue weighted by Crippen LogP contribution is 2.40. The van der Waals surface area contributed by atoms with Crippen molar-refractivity contribution in [3.8, 4) is 0 Å². The molecule has 2 N–H and O–H groups in total. The number of sulfone groups is 1. The summed E-state index contributed by atoms with van der Waals surface area (Å²) in [6.07, 6.45) is 7.13. The quantitative estimate of drug-likeness (QED) is 0.283. The number of thiazole rings is 1. The number of carbonyl (C=O) groups is 2. The molecule has 0 aliphatic heterocycles. The third-order valence-corrected chi connectivity index (χ3v) is 9.69. The van der Waals surface area contributed by atoms with Crippen molar-refractivity contribution in [3.05, 3.63) is 28.7 Å². The Bertz CT molecular complexity index is 1780. The predicted molar refractivity (Wildman–Crippen MR) is 159 cm³/mol. The average molecular weight is 599 g/mol. The van der Waals surface area contributed by atoms with E-state index in [4.69, 9.17) is 4.98 Å². The lowest BCUT2D eigenvalue weighted by atomic mass is 10.2.